The molecule has 0 radical (unpaired) electrons. The van der Waals surface area contributed by atoms with Crippen LogP contribution < -0.4 is 0 Å². The molecule has 0 aromatic carbocycles. The van der Waals surface area contributed by atoms with Crippen molar-refractivity contribution in [2.24, 2.45) is 0 Å². The average molecular weight is 244 g/mol. The van der Waals surface area contributed by atoms with Gasteiger partial charge in [0.1, 0.15) is 0 Å². The maximum Gasteiger partial charge on any atom is -0.0129 e. The summed E-state index contributed by atoms with van der Waals surface area (Å²) in [6.07, 6.45) is 24.0. The first kappa shape index (κ1) is 11.5. The van der Waals surface area contributed by atoms with Crippen molar-refractivity contribution in [2.45, 2.75) is 50.6 Å². The number of hydrogen-bond acceptors (Lipinski definition) is 0. The van der Waals surface area contributed by atoms with Crippen molar-refractivity contribution in [3.8, 4) is 0 Å². The molecule has 0 aliphatic heterocycles. The highest BCUT2D eigenvalue weighted by Gasteiger charge is 2.28. The molecule has 3 aliphatic carbocycles. The summed E-state index contributed by atoms with van der Waals surface area (Å²) in [5.74, 6) is 0. The summed E-state index contributed by atoms with van der Waals surface area (Å²) < 4.78 is 0. The fourth-order valence-electron chi connectivity index (χ4n) is 3.16. The molecule has 0 amide bonds. The molecule has 0 heterocycles. The zero-order valence-electron chi connectivity index (χ0n) is 10.4. The fraction of sp³-hybridized carbons (Fsp3) is 0.500. The van der Waals surface area contributed by atoms with Gasteiger partial charge in [-0.15, -0.1) is 0 Å². The molecule has 17 heavy (non-hydrogen) atoms. The third kappa shape index (κ3) is 2.47. The highest BCUT2D eigenvalue weighted by Crippen LogP contribution is 2.62. The van der Waals surface area contributed by atoms with E-state index in [0.29, 0.717) is 0 Å². The molecule has 0 aromatic heterocycles. The molecular formula is C16H21P. The standard InChI is InChI=1S/C16H21P/c1-2-8-14(9-3-1)17(15-10-4-5-11-15)16-12-6-7-13-16/h4,6,10-14H,1-3,5,7-9H2. The highest BCUT2D eigenvalue weighted by atomic mass is 31.1. The van der Waals surface area contributed by atoms with Crippen LogP contribution in [0.5, 0.6) is 0 Å². The topological polar surface area (TPSA) is 0 Å². The number of rotatable bonds is 3. The minimum Gasteiger partial charge on any atom is -0.0801 e. The van der Waals surface area contributed by atoms with E-state index in [1.807, 2.05) is 0 Å². The van der Waals surface area contributed by atoms with Gasteiger partial charge in [0.15, 0.2) is 0 Å². The van der Waals surface area contributed by atoms with Gasteiger partial charge in [-0.2, -0.15) is 0 Å². The van der Waals surface area contributed by atoms with E-state index in [1.54, 1.807) is 10.6 Å². The van der Waals surface area contributed by atoms with Gasteiger partial charge in [-0.25, -0.2) is 0 Å². The van der Waals surface area contributed by atoms with Crippen LogP contribution in [0.15, 0.2) is 47.1 Å². The van der Waals surface area contributed by atoms with Gasteiger partial charge >= 0.3 is 0 Å². The van der Waals surface area contributed by atoms with Crippen LogP contribution in [0.2, 0.25) is 0 Å². The van der Waals surface area contributed by atoms with Crippen molar-refractivity contribution in [1.82, 2.24) is 0 Å². The summed E-state index contributed by atoms with van der Waals surface area (Å²) in [6, 6.07) is 0. The minimum atomic E-state index is -0.0325. The zero-order chi connectivity index (χ0) is 11.5. The fourth-order valence-corrected chi connectivity index (χ4v) is 6.32. The van der Waals surface area contributed by atoms with Gasteiger partial charge in [0, 0.05) is 0 Å². The smallest absolute Gasteiger partial charge is 0.0129 e. The maximum absolute atomic E-state index is 2.47. The molecule has 90 valence electrons. The average Bonchev–Trinajstić information content (AvgIpc) is 3.04. The Kier molecular flexibility index (Phi) is 3.62. The highest BCUT2D eigenvalue weighted by molar-refractivity contribution is 7.67. The number of allylic oxidation sites excluding steroid dienone is 8. The van der Waals surface area contributed by atoms with Gasteiger partial charge in [0.25, 0.3) is 0 Å². The molecule has 0 nitrogen and oxygen atoms in total. The second-order valence-electron chi connectivity index (χ2n) is 5.20. The Labute approximate surface area is 106 Å². The summed E-state index contributed by atoms with van der Waals surface area (Å²) in [5, 5.41) is 3.31. The molecule has 0 aromatic rings. The van der Waals surface area contributed by atoms with E-state index in [1.165, 1.54) is 32.1 Å². The van der Waals surface area contributed by atoms with Gasteiger partial charge in [-0.3, -0.25) is 0 Å². The molecular weight excluding hydrogens is 223 g/mol. The SMILES string of the molecule is C1=CC(P(C2=CCC=C2)C2CCCCC2)=CC1. The van der Waals surface area contributed by atoms with Gasteiger partial charge in [-0.05, 0) is 49.9 Å². The molecule has 1 saturated carbocycles. The Balaban J connectivity index is 1.84. The van der Waals surface area contributed by atoms with Crippen LogP contribution >= 0.6 is 7.92 Å². The van der Waals surface area contributed by atoms with Crippen LogP contribution in [0.3, 0.4) is 0 Å². The van der Waals surface area contributed by atoms with Crippen LogP contribution in [0.25, 0.3) is 0 Å². The Morgan fingerprint density at radius 2 is 1.41 bits per heavy atom. The second kappa shape index (κ2) is 5.36. The van der Waals surface area contributed by atoms with E-state index in [2.05, 4.69) is 36.5 Å². The summed E-state index contributed by atoms with van der Waals surface area (Å²) in [4.78, 5) is 0. The van der Waals surface area contributed by atoms with Crippen molar-refractivity contribution >= 4 is 7.92 Å². The Morgan fingerprint density at radius 1 is 0.824 bits per heavy atom. The molecule has 0 saturated heterocycles. The predicted molar refractivity (Wildman–Crippen MR) is 77.5 cm³/mol. The molecule has 0 unspecified atom stereocenters. The molecule has 1 heteroatoms. The summed E-state index contributed by atoms with van der Waals surface area (Å²) >= 11 is 0. The summed E-state index contributed by atoms with van der Waals surface area (Å²) in [7, 11) is -0.0325. The van der Waals surface area contributed by atoms with Gasteiger partial charge < -0.3 is 0 Å². The first-order chi connectivity index (χ1) is 8.45. The third-order valence-corrected chi connectivity index (χ3v) is 7.02. The lowest BCUT2D eigenvalue weighted by Crippen LogP contribution is -2.11. The molecule has 0 N–H and O–H groups in total. The molecule has 3 aliphatic rings. The Bertz CT molecular complexity index is 362. The third-order valence-electron chi connectivity index (χ3n) is 4.00. The van der Waals surface area contributed by atoms with Gasteiger partial charge in [-0.1, -0.05) is 55.7 Å². The predicted octanol–water partition coefficient (Wildman–Crippen LogP) is 5.49. The second-order valence-corrected chi connectivity index (χ2v) is 7.70. The van der Waals surface area contributed by atoms with E-state index >= 15 is 0 Å². The van der Waals surface area contributed by atoms with Crippen LogP contribution in [0.4, 0.5) is 0 Å². The zero-order valence-corrected chi connectivity index (χ0v) is 11.3. The van der Waals surface area contributed by atoms with E-state index in [9.17, 15) is 0 Å². The summed E-state index contributed by atoms with van der Waals surface area (Å²) in [6.45, 7) is 0. The maximum atomic E-state index is 2.47. The first-order valence-corrected chi connectivity index (χ1v) is 8.39. The molecule has 0 atom stereocenters. The molecule has 1 fully saturated rings. The summed E-state index contributed by atoms with van der Waals surface area (Å²) in [5.41, 5.74) is 0.960. The first-order valence-electron chi connectivity index (χ1n) is 6.98. The van der Waals surface area contributed by atoms with Crippen LogP contribution in [-0.2, 0) is 0 Å². The van der Waals surface area contributed by atoms with E-state index < -0.39 is 0 Å². The lowest BCUT2D eigenvalue weighted by atomic mass is 10.0. The monoisotopic (exact) mass is 244 g/mol. The lowest BCUT2D eigenvalue weighted by Gasteiger charge is -2.31. The van der Waals surface area contributed by atoms with E-state index in [4.69, 9.17) is 0 Å². The lowest BCUT2D eigenvalue weighted by molar-refractivity contribution is 0.512. The van der Waals surface area contributed by atoms with Crippen LogP contribution in [0.1, 0.15) is 44.9 Å². The minimum absolute atomic E-state index is 0.0325. The van der Waals surface area contributed by atoms with Crippen molar-refractivity contribution in [3.63, 3.8) is 0 Å². The normalized spacial score (nSPS) is 24.5. The van der Waals surface area contributed by atoms with Crippen molar-refractivity contribution in [1.29, 1.82) is 0 Å². The Morgan fingerprint density at radius 3 is 1.88 bits per heavy atom. The van der Waals surface area contributed by atoms with E-state index in [-0.39, 0.29) is 7.92 Å². The molecule has 0 spiro atoms. The quantitative estimate of drug-likeness (QED) is 0.576. The molecule has 3 rings (SSSR count). The number of hydrogen-bond donors (Lipinski definition) is 0. The van der Waals surface area contributed by atoms with Gasteiger partial charge in [0.2, 0.25) is 0 Å². The largest absolute Gasteiger partial charge is 0.0801 e. The van der Waals surface area contributed by atoms with Crippen molar-refractivity contribution < 1.29 is 0 Å². The van der Waals surface area contributed by atoms with Crippen molar-refractivity contribution in [2.75, 3.05) is 0 Å². The van der Waals surface area contributed by atoms with Gasteiger partial charge in [0.05, 0.1) is 0 Å². The van der Waals surface area contributed by atoms with Crippen LogP contribution in [-0.4, -0.2) is 5.66 Å². The Hall–Kier alpha value is -0.610. The van der Waals surface area contributed by atoms with E-state index in [0.717, 1.165) is 18.5 Å². The molecule has 0 bridgehead atoms. The van der Waals surface area contributed by atoms with Crippen LogP contribution in [0, 0.1) is 0 Å². The van der Waals surface area contributed by atoms with Crippen molar-refractivity contribution in [3.05, 3.63) is 47.1 Å².